The van der Waals surface area contributed by atoms with Crippen molar-refractivity contribution in [3.05, 3.63) is 0 Å². The Morgan fingerprint density at radius 3 is 2.77 bits per heavy atom. The van der Waals surface area contributed by atoms with Gasteiger partial charge in [-0.2, -0.15) is 5.26 Å². The Balaban J connectivity index is 3.00. The van der Waals surface area contributed by atoms with Crippen LogP contribution in [0.15, 0.2) is 0 Å². The molecule has 0 aliphatic heterocycles. The molecule has 0 saturated carbocycles. The average Bonchev–Trinajstić information content (AvgIpc) is 2.16. The van der Waals surface area contributed by atoms with Crippen LogP contribution in [0.1, 0.15) is 26.2 Å². The number of unbranched alkanes of at least 4 members (excludes halogenated alkanes) is 2. The summed E-state index contributed by atoms with van der Waals surface area (Å²) in [6, 6.07) is 2.11. The Bertz CT molecular complexity index is 177. The molecular formula is C9H18N2OS. The third kappa shape index (κ3) is 9.51. The number of hydrogen-bond donors (Lipinski definition) is 1. The Labute approximate surface area is 83.0 Å². The number of nitriles is 1. The first-order valence-corrected chi connectivity index (χ1v) is 6.22. The highest BCUT2D eigenvalue weighted by atomic mass is 32.2. The molecule has 0 saturated heterocycles. The average molecular weight is 202 g/mol. The fourth-order valence-electron chi connectivity index (χ4n) is 0.909. The standard InChI is InChI=1S/C9H18N2OS/c1-2-13(12)9-8-11-7-5-3-4-6-10/h11H,2-5,7-9H2,1H3. The maximum absolute atomic E-state index is 11.0. The van der Waals surface area contributed by atoms with Crippen molar-refractivity contribution < 1.29 is 4.21 Å². The van der Waals surface area contributed by atoms with E-state index >= 15 is 0 Å². The highest BCUT2D eigenvalue weighted by Crippen LogP contribution is 1.90. The van der Waals surface area contributed by atoms with Gasteiger partial charge in [0, 0.05) is 35.3 Å². The highest BCUT2D eigenvalue weighted by Gasteiger charge is 1.94. The van der Waals surface area contributed by atoms with Gasteiger partial charge >= 0.3 is 0 Å². The molecule has 13 heavy (non-hydrogen) atoms. The van der Waals surface area contributed by atoms with Gasteiger partial charge in [0.05, 0.1) is 6.07 Å². The lowest BCUT2D eigenvalue weighted by molar-refractivity contribution is 0.642. The van der Waals surface area contributed by atoms with Gasteiger partial charge in [-0.05, 0) is 19.4 Å². The summed E-state index contributed by atoms with van der Waals surface area (Å²) >= 11 is 0. The normalized spacial score (nSPS) is 12.3. The molecule has 0 bridgehead atoms. The molecule has 0 aliphatic carbocycles. The van der Waals surface area contributed by atoms with E-state index < -0.39 is 10.8 Å². The fourth-order valence-corrected chi connectivity index (χ4v) is 1.57. The maximum Gasteiger partial charge on any atom is 0.0621 e. The summed E-state index contributed by atoms with van der Waals surface area (Å²) in [7, 11) is -0.651. The number of hydrogen-bond acceptors (Lipinski definition) is 3. The zero-order valence-electron chi connectivity index (χ0n) is 8.21. The second-order valence-corrected chi connectivity index (χ2v) is 4.66. The van der Waals surface area contributed by atoms with Gasteiger partial charge in [-0.1, -0.05) is 6.92 Å². The number of nitrogens with one attached hydrogen (secondary N) is 1. The van der Waals surface area contributed by atoms with E-state index in [1.165, 1.54) is 0 Å². The van der Waals surface area contributed by atoms with Gasteiger partial charge in [0.15, 0.2) is 0 Å². The number of nitrogens with zero attached hydrogens (tertiary/aromatic N) is 1. The summed E-state index contributed by atoms with van der Waals surface area (Å²) in [6.45, 7) is 3.69. The number of rotatable bonds is 8. The first-order chi connectivity index (χ1) is 6.31. The summed E-state index contributed by atoms with van der Waals surface area (Å²) in [6.07, 6.45) is 2.63. The zero-order valence-corrected chi connectivity index (χ0v) is 9.03. The molecule has 1 atom stereocenters. The van der Waals surface area contributed by atoms with Crippen LogP contribution in [0, 0.1) is 11.3 Å². The summed E-state index contributed by atoms with van der Waals surface area (Å²) in [5.41, 5.74) is 0. The quantitative estimate of drug-likeness (QED) is 0.598. The summed E-state index contributed by atoms with van der Waals surface area (Å²) in [5, 5.41) is 11.5. The minimum atomic E-state index is -0.651. The van der Waals surface area contributed by atoms with Crippen LogP contribution in [0.5, 0.6) is 0 Å². The van der Waals surface area contributed by atoms with Gasteiger partial charge in [-0.25, -0.2) is 0 Å². The largest absolute Gasteiger partial charge is 0.316 e. The van der Waals surface area contributed by atoms with E-state index in [9.17, 15) is 4.21 Å². The van der Waals surface area contributed by atoms with Crippen molar-refractivity contribution in [2.24, 2.45) is 0 Å². The van der Waals surface area contributed by atoms with Crippen molar-refractivity contribution in [2.45, 2.75) is 26.2 Å². The second-order valence-electron chi connectivity index (χ2n) is 2.80. The topological polar surface area (TPSA) is 52.9 Å². The SMILES string of the molecule is CCS(=O)CCNCCCCC#N. The minimum absolute atomic E-state index is 0.641. The van der Waals surface area contributed by atoms with E-state index in [0.29, 0.717) is 6.42 Å². The molecule has 0 aromatic heterocycles. The van der Waals surface area contributed by atoms with Gasteiger partial charge in [-0.3, -0.25) is 4.21 Å². The van der Waals surface area contributed by atoms with Crippen LogP contribution in [0.3, 0.4) is 0 Å². The van der Waals surface area contributed by atoms with Crippen molar-refractivity contribution in [1.82, 2.24) is 5.32 Å². The molecule has 4 heteroatoms. The molecule has 0 aromatic rings. The predicted octanol–water partition coefficient (Wildman–Crippen LogP) is 1.04. The summed E-state index contributed by atoms with van der Waals surface area (Å²) in [4.78, 5) is 0. The highest BCUT2D eigenvalue weighted by molar-refractivity contribution is 7.84. The van der Waals surface area contributed by atoms with Crippen molar-refractivity contribution in [3.63, 3.8) is 0 Å². The molecule has 0 amide bonds. The van der Waals surface area contributed by atoms with Crippen molar-refractivity contribution in [2.75, 3.05) is 24.6 Å². The van der Waals surface area contributed by atoms with Crippen LogP contribution < -0.4 is 5.32 Å². The van der Waals surface area contributed by atoms with E-state index in [-0.39, 0.29) is 0 Å². The maximum atomic E-state index is 11.0. The second kappa shape index (κ2) is 9.69. The lowest BCUT2D eigenvalue weighted by Gasteiger charge is -2.02. The van der Waals surface area contributed by atoms with Gasteiger partial charge in [0.2, 0.25) is 0 Å². The van der Waals surface area contributed by atoms with E-state index in [1.54, 1.807) is 0 Å². The molecular weight excluding hydrogens is 184 g/mol. The molecule has 1 N–H and O–H groups in total. The van der Waals surface area contributed by atoms with Crippen LogP contribution in [0.2, 0.25) is 0 Å². The Morgan fingerprint density at radius 2 is 2.15 bits per heavy atom. The van der Waals surface area contributed by atoms with Gasteiger partial charge in [0.25, 0.3) is 0 Å². The molecule has 0 spiro atoms. The molecule has 0 radical (unpaired) electrons. The van der Waals surface area contributed by atoms with Crippen molar-refractivity contribution in [3.8, 4) is 6.07 Å². The van der Waals surface area contributed by atoms with Gasteiger partial charge < -0.3 is 5.32 Å². The lowest BCUT2D eigenvalue weighted by Crippen LogP contribution is -2.22. The van der Waals surface area contributed by atoms with Crippen molar-refractivity contribution >= 4 is 10.8 Å². The summed E-state index contributed by atoms with van der Waals surface area (Å²) in [5.74, 6) is 1.49. The first kappa shape index (κ1) is 12.6. The Hall–Kier alpha value is -0.400. The van der Waals surface area contributed by atoms with Crippen molar-refractivity contribution in [1.29, 1.82) is 5.26 Å². The molecule has 0 fully saturated rings. The van der Waals surface area contributed by atoms with Crippen LogP contribution in [-0.4, -0.2) is 28.8 Å². The molecule has 0 rings (SSSR count). The third-order valence-electron chi connectivity index (χ3n) is 1.72. The van der Waals surface area contributed by atoms with Gasteiger partial charge in [0.1, 0.15) is 0 Å². The smallest absolute Gasteiger partial charge is 0.0621 e. The summed E-state index contributed by atoms with van der Waals surface area (Å²) < 4.78 is 11.0. The fraction of sp³-hybridized carbons (Fsp3) is 0.889. The minimum Gasteiger partial charge on any atom is -0.316 e. The van der Waals surface area contributed by atoms with E-state index in [2.05, 4.69) is 11.4 Å². The van der Waals surface area contributed by atoms with Crippen LogP contribution in [0.4, 0.5) is 0 Å². The van der Waals surface area contributed by atoms with E-state index in [4.69, 9.17) is 5.26 Å². The predicted molar refractivity (Wildman–Crippen MR) is 55.9 cm³/mol. The molecule has 0 aromatic carbocycles. The third-order valence-corrected chi connectivity index (χ3v) is 3.02. The first-order valence-electron chi connectivity index (χ1n) is 4.74. The zero-order chi connectivity index (χ0) is 9.94. The lowest BCUT2D eigenvalue weighted by atomic mass is 10.2. The Morgan fingerprint density at radius 1 is 1.38 bits per heavy atom. The van der Waals surface area contributed by atoms with Crippen LogP contribution in [-0.2, 0) is 10.8 Å². The molecule has 3 nitrogen and oxygen atoms in total. The molecule has 0 heterocycles. The monoisotopic (exact) mass is 202 g/mol. The van der Waals surface area contributed by atoms with E-state index in [1.807, 2.05) is 6.92 Å². The molecule has 0 aliphatic rings. The Kier molecular flexibility index (Phi) is 9.39. The van der Waals surface area contributed by atoms with Gasteiger partial charge in [-0.15, -0.1) is 0 Å². The van der Waals surface area contributed by atoms with Crippen LogP contribution >= 0.6 is 0 Å². The van der Waals surface area contributed by atoms with Crippen LogP contribution in [0.25, 0.3) is 0 Å². The van der Waals surface area contributed by atoms with E-state index in [0.717, 1.165) is 37.4 Å². The molecule has 76 valence electrons. The molecule has 1 unspecified atom stereocenters.